The predicted octanol–water partition coefficient (Wildman–Crippen LogP) is 6.15. The van der Waals surface area contributed by atoms with Crippen LogP contribution in [0.5, 0.6) is 11.6 Å². The van der Waals surface area contributed by atoms with Crippen LogP contribution >= 0.6 is 0 Å². The molecule has 6 rings (SSSR count). The Morgan fingerprint density at radius 1 is 1.06 bits per heavy atom. The van der Waals surface area contributed by atoms with Crippen molar-refractivity contribution in [3.63, 3.8) is 0 Å². The van der Waals surface area contributed by atoms with Crippen LogP contribution in [0, 0.1) is 6.92 Å². The molecule has 2 N–H and O–H groups in total. The maximum absolute atomic E-state index is 6.46. The minimum Gasteiger partial charge on any atom is -0.495 e. The van der Waals surface area contributed by atoms with Gasteiger partial charge in [-0.1, -0.05) is 18.2 Å². The van der Waals surface area contributed by atoms with E-state index in [2.05, 4.69) is 15.3 Å². The number of hydrogen-bond acceptors (Lipinski definition) is 7. The van der Waals surface area contributed by atoms with E-state index in [-0.39, 0.29) is 6.10 Å². The van der Waals surface area contributed by atoms with Gasteiger partial charge in [-0.05, 0) is 55.5 Å². The smallest absolute Gasteiger partial charge is 0.232 e. The van der Waals surface area contributed by atoms with Gasteiger partial charge in [-0.15, -0.1) is 0 Å². The number of anilines is 2. The number of rotatable bonds is 6. The van der Waals surface area contributed by atoms with Gasteiger partial charge in [-0.25, -0.2) is 4.98 Å². The lowest BCUT2D eigenvalue weighted by atomic mass is 10.1. The summed E-state index contributed by atoms with van der Waals surface area (Å²) in [5, 5.41) is 4.14. The number of aromatic amines is 1. The van der Waals surface area contributed by atoms with Gasteiger partial charge >= 0.3 is 0 Å². The van der Waals surface area contributed by atoms with E-state index < -0.39 is 0 Å². The molecule has 0 bridgehead atoms. The Labute approximate surface area is 196 Å². The van der Waals surface area contributed by atoms with E-state index in [9.17, 15) is 0 Å². The van der Waals surface area contributed by atoms with Gasteiger partial charge in [0, 0.05) is 18.7 Å². The Kier molecular flexibility index (Phi) is 5.05. The normalized spacial score (nSPS) is 14.2. The number of ether oxygens (including phenoxy) is 2. The van der Waals surface area contributed by atoms with Crippen LogP contribution in [0.15, 0.2) is 53.1 Å². The first-order valence-corrected chi connectivity index (χ1v) is 11.5. The fraction of sp³-hybridized carbons (Fsp3) is 0.269. The molecular weight excluding hydrogens is 430 g/mol. The number of hydrogen-bond donors (Lipinski definition) is 2. The van der Waals surface area contributed by atoms with E-state index in [1.807, 2.05) is 55.6 Å². The number of aromatic nitrogens is 4. The van der Waals surface area contributed by atoms with E-state index in [4.69, 9.17) is 23.9 Å². The number of oxazole rings is 1. The molecule has 0 spiro atoms. The van der Waals surface area contributed by atoms with E-state index in [0.717, 1.165) is 46.1 Å². The summed E-state index contributed by atoms with van der Waals surface area (Å²) in [6, 6.07) is 13.7. The highest BCUT2D eigenvalue weighted by atomic mass is 16.5. The summed E-state index contributed by atoms with van der Waals surface area (Å²) in [4.78, 5) is 17.3. The summed E-state index contributed by atoms with van der Waals surface area (Å²) in [6.07, 6.45) is 6.50. The summed E-state index contributed by atoms with van der Waals surface area (Å²) in [5.41, 5.74) is 5.02. The Morgan fingerprint density at radius 2 is 1.91 bits per heavy atom. The molecular formula is C26H25N5O3. The van der Waals surface area contributed by atoms with E-state index in [1.165, 1.54) is 12.8 Å². The highest BCUT2D eigenvalue weighted by Crippen LogP contribution is 2.38. The largest absolute Gasteiger partial charge is 0.495 e. The number of fused-ring (bicyclic) bond motifs is 2. The number of H-pyrrole nitrogens is 1. The topological polar surface area (TPSA) is 98.1 Å². The van der Waals surface area contributed by atoms with E-state index in [1.54, 1.807) is 7.11 Å². The van der Waals surface area contributed by atoms with Crippen molar-refractivity contribution in [2.45, 2.75) is 38.7 Å². The highest BCUT2D eigenvalue weighted by Gasteiger charge is 2.23. The SMILES string of the molecule is COc1ccccc1Nc1nc(OC2CCCC2)c2c(-c3ccc4nc(C)oc4c3)c[nH]c2n1. The zero-order valence-electron chi connectivity index (χ0n) is 19.1. The monoisotopic (exact) mass is 455 g/mol. The number of para-hydroxylation sites is 2. The maximum atomic E-state index is 6.46. The lowest BCUT2D eigenvalue weighted by Gasteiger charge is -2.15. The Balaban J connectivity index is 1.46. The van der Waals surface area contributed by atoms with Crippen molar-refractivity contribution in [3.05, 3.63) is 54.6 Å². The molecule has 3 heterocycles. The third-order valence-corrected chi connectivity index (χ3v) is 6.24. The summed E-state index contributed by atoms with van der Waals surface area (Å²) >= 11 is 0. The second-order valence-electron chi connectivity index (χ2n) is 8.54. The fourth-order valence-electron chi connectivity index (χ4n) is 4.61. The first kappa shape index (κ1) is 20.5. The second-order valence-corrected chi connectivity index (χ2v) is 8.54. The van der Waals surface area contributed by atoms with Gasteiger partial charge in [0.2, 0.25) is 11.8 Å². The first-order valence-electron chi connectivity index (χ1n) is 11.5. The van der Waals surface area contributed by atoms with Gasteiger partial charge < -0.3 is 24.2 Å². The lowest BCUT2D eigenvalue weighted by Crippen LogP contribution is -2.13. The van der Waals surface area contributed by atoms with Crippen LogP contribution in [0.25, 0.3) is 33.3 Å². The van der Waals surface area contributed by atoms with Crippen LogP contribution in [-0.2, 0) is 0 Å². The van der Waals surface area contributed by atoms with Crippen molar-refractivity contribution in [1.29, 1.82) is 0 Å². The molecule has 8 nitrogen and oxygen atoms in total. The van der Waals surface area contributed by atoms with Crippen LogP contribution < -0.4 is 14.8 Å². The highest BCUT2D eigenvalue weighted by molar-refractivity contribution is 5.99. The molecule has 1 aliphatic carbocycles. The zero-order chi connectivity index (χ0) is 23.1. The molecule has 0 amide bonds. The summed E-state index contributed by atoms with van der Waals surface area (Å²) in [7, 11) is 1.64. The summed E-state index contributed by atoms with van der Waals surface area (Å²) in [6.45, 7) is 1.85. The molecule has 1 aliphatic rings. The molecule has 0 radical (unpaired) electrons. The summed E-state index contributed by atoms with van der Waals surface area (Å²) < 4.78 is 17.7. The molecule has 1 fully saturated rings. The number of methoxy groups -OCH3 is 1. The van der Waals surface area contributed by atoms with E-state index >= 15 is 0 Å². The third kappa shape index (κ3) is 3.71. The van der Waals surface area contributed by atoms with E-state index in [0.29, 0.717) is 29.1 Å². The Hall–Kier alpha value is -4.07. The molecule has 0 saturated heterocycles. The molecule has 1 saturated carbocycles. The number of nitrogens with zero attached hydrogens (tertiary/aromatic N) is 3. The van der Waals surface area contributed by atoms with Crippen molar-refractivity contribution < 1.29 is 13.9 Å². The van der Waals surface area contributed by atoms with Gasteiger partial charge in [0.05, 0.1) is 18.2 Å². The number of benzene rings is 2. The Bertz CT molecular complexity index is 1480. The molecule has 3 aromatic heterocycles. The molecule has 8 heteroatoms. The standard InChI is InChI=1S/C26H25N5O3/c1-15-28-20-12-11-16(13-22(20)33-15)18-14-27-24-23(18)25(34-17-7-3-4-8-17)31-26(30-24)29-19-9-5-6-10-21(19)32-2/h5-6,9-14,17H,3-4,7-8H2,1-2H3,(H2,27,29,30,31). The molecule has 2 aromatic carbocycles. The Morgan fingerprint density at radius 3 is 2.76 bits per heavy atom. The molecule has 34 heavy (non-hydrogen) atoms. The van der Waals surface area contributed by atoms with Crippen LogP contribution in [0.1, 0.15) is 31.6 Å². The van der Waals surface area contributed by atoms with Crippen LogP contribution in [0.2, 0.25) is 0 Å². The van der Waals surface area contributed by atoms with Crippen molar-refractivity contribution in [2.24, 2.45) is 0 Å². The third-order valence-electron chi connectivity index (χ3n) is 6.24. The van der Waals surface area contributed by atoms with Crippen LogP contribution in [-0.4, -0.2) is 33.1 Å². The second kappa shape index (κ2) is 8.37. The number of nitrogens with one attached hydrogen (secondary N) is 2. The molecule has 172 valence electrons. The fourth-order valence-corrected chi connectivity index (χ4v) is 4.61. The minimum absolute atomic E-state index is 0.152. The molecule has 0 aliphatic heterocycles. The van der Waals surface area contributed by atoms with Crippen molar-refractivity contribution >= 4 is 33.8 Å². The average molecular weight is 456 g/mol. The minimum atomic E-state index is 0.152. The predicted molar refractivity (Wildman–Crippen MR) is 131 cm³/mol. The molecule has 0 atom stereocenters. The van der Waals surface area contributed by atoms with Crippen molar-refractivity contribution in [3.8, 4) is 22.8 Å². The molecule has 0 unspecified atom stereocenters. The van der Waals surface area contributed by atoms with Crippen LogP contribution in [0.3, 0.4) is 0 Å². The van der Waals surface area contributed by atoms with Gasteiger partial charge in [-0.2, -0.15) is 9.97 Å². The van der Waals surface area contributed by atoms with Gasteiger partial charge in [0.25, 0.3) is 0 Å². The van der Waals surface area contributed by atoms with Gasteiger partial charge in [0.1, 0.15) is 23.0 Å². The van der Waals surface area contributed by atoms with Gasteiger partial charge in [0.15, 0.2) is 11.5 Å². The van der Waals surface area contributed by atoms with Gasteiger partial charge in [-0.3, -0.25) is 0 Å². The zero-order valence-corrected chi connectivity index (χ0v) is 19.1. The quantitative estimate of drug-likeness (QED) is 0.317. The van der Waals surface area contributed by atoms with Crippen LogP contribution in [0.4, 0.5) is 11.6 Å². The summed E-state index contributed by atoms with van der Waals surface area (Å²) in [5.74, 6) is 2.37. The molecule has 5 aromatic rings. The van der Waals surface area contributed by atoms with Crippen molar-refractivity contribution in [2.75, 3.05) is 12.4 Å². The maximum Gasteiger partial charge on any atom is 0.232 e. The lowest BCUT2D eigenvalue weighted by molar-refractivity contribution is 0.204. The average Bonchev–Trinajstić information content (AvgIpc) is 3.58. The number of aryl methyl sites for hydroxylation is 1. The first-order chi connectivity index (χ1) is 16.7. The van der Waals surface area contributed by atoms with Crippen molar-refractivity contribution in [1.82, 2.24) is 19.9 Å².